The molecule has 2 N–H and O–H groups in total. The standard InChI is InChI=1S/C21H34N5O6P/c1-13(2)26(14(3)4)33(30-9-7-8-22)32-17-16-19(31-21(17,12-27)11-24(16)6)25-10-15(5)18(28)23-20(25)29/h10,13-14,16-17,19,27H,7,9,11-12H2,1-6H3,(H,23,28,29)/t16-,17+,19-,21-,33?/m1/s1. The number of hydrogen-bond acceptors (Lipinski definition) is 9. The van der Waals surface area contributed by atoms with E-state index in [1.54, 1.807) is 6.92 Å². The Kier molecular flexibility index (Phi) is 8.12. The van der Waals surface area contributed by atoms with Gasteiger partial charge >= 0.3 is 5.69 Å². The first-order valence-electron chi connectivity index (χ1n) is 11.1. The molecular formula is C21H34N5O6P. The molecule has 2 aliphatic heterocycles. The molecule has 0 spiro atoms. The highest BCUT2D eigenvalue weighted by atomic mass is 31.2. The number of aromatic nitrogens is 2. The van der Waals surface area contributed by atoms with Crippen molar-refractivity contribution in [1.29, 1.82) is 5.26 Å². The van der Waals surface area contributed by atoms with Gasteiger partial charge < -0.3 is 18.9 Å². The number of aryl methyl sites for hydroxylation is 1. The van der Waals surface area contributed by atoms with E-state index in [4.69, 9.17) is 19.0 Å². The average Bonchev–Trinajstić information content (AvgIpc) is 3.18. The quantitative estimate of drug-likeness (QED) is 0.370. The molecule has 1 aromatic heterocycles. The first kappa shape index (κ1) is 26.0. The molecule has 12 heteroatoms. The van der Waals surface area contributed by atoms with Crippen molar-refractivity contribution in [3.8, 4) is 6.07 Å². The van der Waals surface area contributed by atoms with Crippen LogP contribution in [0.2, 0.25) is 0 Å². The number of nitrogens with zero attached hydrogens (tertiary/aromatic N) is 4. The Morgan fingerprint density at radius 2 is 2.06 bits per heavy atom. The van der Waals surface area contributed by atoms with Gasteiger partial charge in [0.25, 0.3) is 14.1 Å². The predicted molar refractivity (Wildman–Crippen MR) is 123 cm³/mol. The Hall–Kier alpha value is -1.64. The summed E-state index contributed by atoms with van der Waals surface area (Å²) in [4.78, 5) is 28.8. The molecule has 0 aliphatic carbocycles. The molecule has 2 aliphatic rings. The van der Waals surface area contributed by atoms with Gasteiger partial charge in [0.05, 0.1) is 31.7 Å². The predicted octanol–water partition coefficient (Wildman–Crippen LogP) is 1.08. The van der Waals surface area contributed by atoms with Crippen LogP contribution < -0.4 is 11.2 Å². The second kappa shape index (κ2) is 10.3. The molecule has 2 saturated heterocycles. The smallest absolute Gasteiger partial charge is 0.330 e. The zero-order valence-corrected chi connectivity index (χ0v) is 20.9. The van der Waals surface area contributed by atoms with Gasteiger partial charge in [0, 0.05) is 30.4 Å². The fourth-order valence-electron chi connectivity index (χ4n) is 4.67. The molecular weight excluding hydrogens is 449 g/mol. The maximum Gasteiger partial charge on any atom is 0.330 e. The summed E-state index contributed by atoms with van der Waals surface area (Å²) in [6.45, 7) is 10.1. The maximum atomic E-state index is 12.6. The largest absolute Gasteiger partial charge is 0.393 e. The molecule has 2 fully saturated rings. The molecule has 3 rings (SSSR count). The summed E-state index contributed by atoms with van der Waals surface area (Å²) in [6.07, 6.45) is 0.357. The Bertz CT molecular complexity index is 983. The van der Waals surface area contributed by atoms with Crippen LogP contribution in [0.1, 0.15) is 45.9 Å². The van der Waals surface area contributed by atoms with Crippen LogP contribution in [0.15, 0.2) is 15.8 Å². The van der Waals surface area contributed by atoms with Gasteiger partial charge in [0.2, 0.25) is 0 Å². The number of likely N-dealkylation sites (tertiary alicyclic amines) is 1. The normalized spacial score (nSPS) is 28.2. The first-order valence-corrected chi connectivity index (χ1v) is 12.2. The second-order valence-corrected chi connectivity index (χ2v) is 10.6. The van der Waals surface area contributed by atoms with Gasteiger partial charge in [-0.25, -0.2) is 9.46 Å². The van der Waals surface area contributed by atoms with Crippen molar-refractivity contribution in [2.45, 2.75) is 77.1 Å². The lowest BCUT2D eigenvalue weighted by atomic mass is 10.0. The molecule has 0 amide bonds. The minimum atomic E-state index is -1.58. The van der Waals surface area contributed by atoms with Crippen LogP contribution in [-0.4, -0.2) is 80.9 Å². The van der Waals surface area contributed by atoms with Gasteiger partial charge in [-0.15, -0.1) is 0 Å². The van der Waals surface area contributed by atoms with Crippen molar-refractivity contribution in [3.63, 3.8) is 0 Å². The van der Waals surface area contributed by atoms with Crippen LogP contribution in [0.3, 0.4) is 0 Å². The fourth-order valence-corrected chi connectivity index (χ4v) is 6.48. The first-order chi connectivity index (χ1) is 15.6. The van der Waals surface area contributed by atoms with E-state index >= 15 is 0 Å². The molecule has 33 heavy (non-hydrogen) atoms. The minimum absolute atomic E-state index is 0.112. The number of fused-ring (bicyclic) bond motifs is 2. The highest BCUT2D eigenvalue weighted by molar-refractivity contribution is 7.44. The molecule has 2 bridgehead atoms. The summed E-state index contributed by atoms with van der Waals surface area (Å²) in [6, 6.07) is 1.91. The highest BCUT2D eigenvalue weighted by Gasteiger charge is 2.65. The van der Waals surface area contributed by atoms with E-state index in [1.807, 2.05) is 39.6 Å². The van der Waals surface area contributed by atoms with Crippen molar-refractivity contribution in [2.24, 2.45) is 0 Å². The molecule has 1 aromatic rings. The molecule has 3 heterocycles. The number of hydrogen-bond donors (Lipinski definition) is 2. The minimum Gasteiger partial charge on any atom is -0.393 e. The third-order valence-corrected chi connectivity index (χ3v) is 8.17. The number of H-pyrrole nitrogens is 1. The van der Waals surface area contributed by atoms with Crippen LogP contribution in [0.25, 0.3) is 0 Å². The van der Waals surface area contributed by atoms with Gasteiger partial charge in [0.1, 0.15) is 11.7 Å². The molecule has 184 valence electrons. The van der Waals surface area contributed by atoms with Crippen molar-refractivity contribution in [2.75, 3.05) is 26.8 Å². The van der Waals surface area contributed by atoms with Crippen molar-refractivity contribution >= 4 is 8.53 Å². The zero-order valence-electron chi connectivity index (χ0n) is 20.0. The van der Waals surface area contributed by atoms with Crippen LogP contribution in [0, 0.1) is 18.3 Å². The summed E-state index contributed by atoms with van der Waals surface area (Å²) in [5, 5.41) is 19.3. The molecule has 1 unspecified atom stereocenters. The summed E-state index contributed by atoms with van der Waals surface area (Å²) >= 11 is 0. The number of morpholine rings is 1. The van der Waals surface area contributed by atoms with E-state index in [9.17, 15) is 14.7 Å². The average molecular weight is 484 g/mol. The van der Waals surface area contributed by atoms with E-state index < -0.39 is 43.7 Å². The highest BCUT2D eigenvalue weighted by Crippen LogP contribution is 2.55. The van der Waals surface area contributed by atoms with Crippen molar-refractivity contribution in [3.05, 3.63) is 32.6 Å². The number of likely N-dealkylation sites (N-methyl/N-ethyl adjacent to an activating group) is 1. The number of ether oxygens (including phenoxy) is 1. The number of aliphatic hydroxyl groups is 1. The lowest BCUT2D eigenvalue weighted by molar-refractivity contribution is -0.150. The summed E-state index contributed by atoms with van der Waals surface area (Å²) in [7, 11) is 0.305. The third-order valence-electron chi connectivity index (χ3n) is 6.06. The molecule has 0 radical (unpaired) electrons. The fraction of sp³-hybridized carbons (Fsp3) is 0.762. The zero-order chi connectivity index (χ0) is 24.5. The number of aliphatic hydroxyl groups excluding tert-OH is 1. The Morgan fingerprint density at radius 3 is 2.64 bits per heavy atom. The van der Waals surface area contributed by atoms with E-state index in [1.165, 1.54) is 10.8 Å². The number of rotatable bonds is 10. The Labute approximate surface area is 194 Å². The van der Waals surface area contributed by atoms with Crippen LogP contribution in [0.5, 0.6) is 0 Å². The molecule has 5 atom stereocenters. The topological polar surface area (TPSA) is 133 Å². The van der Waals surface area contributed by atoms with Crippen LogP contribution in [-0.2, 0) is 13.8 Å². The summed E-state index contributed by atoms with van der Waals surface area (Å²) in [5.41, 5.74) is -1.71. The van der Waals surface area contributed by atoms with Crippen molar-refractivity contribution < 1.29 is 18.9 Å². The Balaban J connectivity index is 1.98. The van der Waals surface area contributed by atoms with Gasteiger partial charge in [-0.3, -0.25) is 19.2 Å². The summed E-state index contributed by atoms with van der Waals surface area (Å²) < 4.78 is 22.4. The van der Waals surface area contributed by atoms with E-state index in [2.05, 4.69) is 15.7 Å². The van der Waals surface area contributed by atoms with E-state index in [0.717, 1.165) is 0 Å². The third kappa shape index (κ3) is 4.93. The number of aromatic amines is 1. The van der Waals surface area contributed by atoms with E-state index in [-0.39, 0.29) is 31.7 Å². The van der Waals surface area contributed by atoms with Crippen LogP contribution >= 0.6 is 8.53 Å². The SMILES string of the molecule is Cc1cn([C@@H]2O[C@@]3(CO)CN(C)[C@@H]2[C@@H]3OP(OCCC#N)N(C(C)C)C(C)C)c(=O)[nH]c1=O. The Morgan fingerprint density at radius 1 is 1.39 bits per heavy atom. The molecule has 0 aromatic carbocycles. The maximum absolute atomic E-state index is 12.6. The summed E-state index contributed by atoms with van der Waals surface area (Å²) in [5.74, 6) is 0. The molecule has 11 nitrogen and oxygen atoms in total. The van der Waals surface area contributed by atoms with Gasteiger partial charge in [-0.1, -0.05) is 0 Å². The number of nitrogens with one attached hydrogen (secondary N) is 1. The van der Waals surface area contributed by atoms with Crippen LogP contribution in [0.4, 0.5) is 0 Å². The van der Waals surface area contributed by atoms with Crippen molar-refractivity contribution in [1.82, 2.24) is 19.1 Å². The van der Waals surface area contributed by atoms with Gasteiger partial charge in [0.15, 0.2) is 6.23 Å². The number of nitriles is 1. The lowest BCUT2D eigenvalue weighted by Gasteiger charge is -2.38. The second-order valence-electron chi connectivity index (χ2n) is 9.19. The van der Waals surface area contributed by atoms with Gasteiger partial charge in [-0.2, -0.15) is 5.26 Å². The molecule has 0 saturated carbocycles. The van der Waals surface area contributed by atoms with Gasteiger partial charge in [-0.05, 0) is 41.7 Å². The lowest BCUT2D eigenvalue weighted by Crippen LogP contribution is -2.48. The van der Waals surface area contributed by atoms with E-state index in [0.29, 0.717) is 12.1 Å². The monoisotopic (exact) mass is 483 g/mol.